The Bertz CT molecular complexity index is 497. The molecule has 1 nitrogen and oxygen atoms in total. The molecule has 1 radical (unpaired) electrons. The number of hydrogen-bond donors (Lipinski definition) is 0. The molecular weight excluding hydrogens is 158 g/mol. The monoisotopic (exact) mass is 166 g/mol. The van der Waals surface area contributed by atoms with E-state index < -0.39 is 0 Å². The zero-order chi connectivity index (χ0) is 8.67. The van der Waals surface area contributed by atoms with Crippen molar-refractivity contribution in [3.63, 3.8) is 0 Å². The molecule has 0 saturated heterocycles. The van der Waals surface area contributed by atoms with Gasteiger partial charge in [-0.3, -0.25) is 5.32 Å². The largest absolute Gasteiger partial charge is 0.256 e. The van der Waals surface area contributed by atoms with Crippen molar-refractivity contribution >= 4 is 22.5 Å². The van der Waals surface area contributed by atoms with Crippen molar-refractivity contribution in [2.24, 2.45) is 0 Å². The molecule has 0 spiro atoms. The lowest BCUT2D eigenvalue weighted by Gasteiger charge is -2.01. The predicted octanol–water partition coefficient (Wildman–Crippen LogP) is 3.06. The first kappa shape index (κ1) is 6.72. The van der Waals surface area contributed by atoms with Gasteiger partial charge in [0.15, 0.2) is 0 Å². The second-order valence-corrected chi connectivity index (χ2v) is 3.20. The van der Waals surface area contributed by atoms with Crippen molar-refractivity contribution in [3.8, 4) is 0 Å². The van der Waals surface area contributed by atoms with Crippen LogP contribution in [0.4, 0.5) is 5.69 Å². The van der Waals surface area contributed by atoms with E-state index in [1.807, 2.05) is 12.3 Å². The Balaban J connectivity index is 2.40. The highest BCUT2D eigenvalue weighted by Crippen LogP contribution is 2.28. The quantitative estimate of drug-likeness (QED) is 0.571. The molecule has 1 heterocycles. The van der Waals surface area contributed by atoms with Gasteiger partial charge in [-0.1, -0.05) is 24.3 Å². The molecule has 13 heavy (non-hydrogen) atoms. The highest BCUT2D eigenvalue weighted by atomic mass is 14.9. The normalized spacial score (nSPS) is 12.9. The molecule has 1 aliphatic heterocycles. The molecule has 0 fully saturated rings. The summed E-state index contributed by atoms with van der Waals surface area (Å²) in [7, 11) is 0. The molecule has 0 unspecified atom stereocenters. The summed E-state index contributed by atoms with van der Waals surface area (Å²) in [6.45, 7) is 0. The van der Waals surface area contributed by atoms with E-state index in [1.165, 1.54) is 16.3 Å². The summed E-state index contributed by atoms with van der Waals surface area (Å²) in [5.41, 5.74) is 2.30. The van der Waals surface area contributed by atoms with Crippen molar-refractivity contribution in [1.82, 2.24) is 5.32 Å². The maximum absolute atomic E-state index is 4.27. The van der Waals surface area contributed by atoms with Crippen LogP contribution in [0.3, 0.4) is 0 Å². The van der Waals surface area contributed by atoms with E-state index >= 15 is 0 Å². The molecular formula is C12H8N. The Kier molecular flexibility index (Phi) is 1.22. The SMILES string of the molecule is C1=Cc2cc3ccccc3cc2[N]1. The van der Waals surface area contributed by atoms with E-state index in [1.54, 1.807) is 0 Å². The molecule has 0 atom stereocenters. The number of nitrogens with zero attached hydrogens (tertiary/aromatic N) is 1. The average molecular weight is 166 g/mol. The fourth-order valence-corrected chi connectivity index (χ4v) is 1.69. The van der Waals surface area contributed by atoms with E-state index in [0.717, 1.165) is 5.69 Å². The van der Waals surface area contributed by atoms with Crippen molar-refractivity contribution in [2.45, 2.75) is 0 Å². The molecule has 0 aliphatic carbocycles. The molecule has 3 rings (SSSR count). The van der Waals surface area contributed by atoms with Crippen LogP contribution in [0, 0.1) is 0 Å². The van der Waals surface area contributed by atoms with E-state index in [2.05, 4.69) is 41.7 Å². The minimum atomic E-state index is 1.08. The lowest BCUT2D eigenvalue weighted by atomic mass is 10.1. The van der Waals surface area contributed by atoms with Gasteiger partial charge in [-0.2, -0.15) is 0 Å². The molecule has 0 bridgehead atoms. The molecule has 1 heteroatoms. The van der Waals surface area contributed by atoms with Crippen LogP contribution < -0.4 is 5.32 Å². The third-order valence-electron chi connectivity index (χ3n) is 2.36. The second kappa shape index (κ2) is 2.36. The summed E-state index contributed by atoms with van der Waals surface area (Å²) >= 11 is 0. The van der Waals surface area contributed by atoms with Gasteiger partial charge in [0.1, 0.15) is 0 Å². The zero-order valence-corrected chi connectivity index (χ0v) is 7.07. The van der Waals surface area contributed by atoms with Crippen LogP contribution in [-0.2, 0) is 0 Å². The van der Waals surface area contributed by atoms with Gasteiger partial charge in [0.25, 0.3) is 0 Å². The summed E-state index contributed by atoms with van der Waals surface area (Å²) in [5, 5.41) is 6.81. The van der Waals surface area contributed by atoms with Crippen LogP contribution >= 0.6 is 0 Å². The van der Waals surface area contributed by atoms with Crippen molar-refractivity contribution < 1.29 is 0 Å². The lowest BCUT2D eigenvalue weighted by Crippen LogP contribution is -1.82. The minimum absolute atomic E-state index is 1.08. The molecule has 0 saturated carbocycles. The highest BCUT2D eigenvalue weighted by molar-refractivity contribution is 5.90. The van der Waals surface area contributed by atoms with E-state index in [9.17, 15) is 0 Å². The smallest absolute Gasteiger partial charge is 0.0708 e. The Morgan fingerprint density at radius 2 is 1.69 bits per heavy atom. The molecule has 2 aromatic carbocycles. The van der Waals surface area contributed by atoms with E-state index in [-0.39, 0.29) is 0 Å². The third kappa shape index (κ3) is 0.937. The molecule has 1 aliphatic rings. The molecule has 61 valence electrons. The first-order valence-corrected chi connectivity index (χ1v) is 4.34. The van der Waals surface area contributed by atoms with Crippen molar-refractivity contribution in [2.75, 3.05) is 0 Å². The number of benzene rings is 2. The maximum atomic E-state index is 4.27. The molecule has 0 aromatic heterocycles. The van der Waals surface area contributed by atoms with E-state index in [4.69, 9.17) is 0 Å². The summed E-state index contributed by atoms with van der Waals surface area (Å²) in [4.78, 5) is 0. The number of rotatable bonds is 0. The highest BCUT2D eigenvalue weighted by Gasteiger charge is 2.06. The van der Waals surface area contributed by atoms with Gasteiger partial charge in [-0.05, 0) is 29.0 Å². The van der Waals surface area contributed by atoms with Crippen LogP contribution in [0.2, 0.25) is 0 Å². The van der Waals surface area contributed by atoms with Crippen molar-refractivity contribution in [3.05, 3.63) is 48.2 Å². The Labute approximate surface area is 76.7 Å². The Hall–Kier alpha value is -1.76. The van der Waals surface area contributed by atoms with Crippen LogP contribution in [0.5, 0.6) is 0 Å². The average Bonchev–Trinajstić information content (AvgIpc) is 2.61. The van der Waals surface area contributed by atoms with Crippen LogP contribution in [0.1, 0.15) is 5.56 Å². The van der Waals surface area contributed by atoms with Crippen LogP contribution in [0.25, 0.3) is 16.8 Å². The third-order valence-corrected chi connectivity index (χ3v) is 2.36. The number of fused-ring (bicyclic) bond motifs is 2. The predicted molar refractivity (Wildman–Crippen MR) is 54.8 cm³/mol. The minimum Gasteiger partial charge on any atom is -0.256 e. The fourth-order valence-electron chi connectivity index (χ4n) is 1.69. The zero-order valence-electron chi connectivity index (χ0n) is 7.07. The van der Waals surface area contributed by atoms with Gasteiger partial charge >= 0.3 is 0 Å². The van der Waals surface area contributed by atoms with Crippen molar-refractivity contribution in [1.29, 1.82) is 0 Å². The van der Waals surface area contributed by atoms with Gasteiger partial charge < -0.3 is 0 Å². The molecule has 0 amide bonds. The van der Waals surface area contributed by atoms with E-state index in [0.29, 0.717) is 0 Å². The van der Waals surface area contributed by atoms with Crippen LogP contribution in [0.15, 0.2) is 42.6 Å². The number of hydrogen-bond acceptors (Lipinski definition) is 0. The Morgan fingerprint density at radius 3 is 2.54 bits per heavy atom. The topological polar surface area (TPSA) is 14.1 Å². The summed E-state index contributed by atoms with van der Waals surface area (Å²) < 4.78 is 0. The fraction of sp³-hybridized carbons (Fsp3) is 0. The summed E-state index contributed by atoms with van der Waals surface area (Å²) in [6.07, 6.45) is 3.89. The second-order valence-electron chi connectivity index (χ2n) is 3.20. The van der Waals surface area contributed by atoms with Gasteiger partial charge in [0.05, 0.1) is 5.69 Å². The van der Waals surface area contributed by atoms with Gasteiger partial charge in [-0.15, -0.1) is 0 Å². The van der Waals surface area contributed by atoms with Crippen LogP contribution in [-0.4, -0.2) is 0 Å². The maximum Gasteiger partial charge on any atom is 0.0708 e. The molecule has 2 aromatic rings. The standard InChI is InChI=1S/C12H8N/c1-2-4-10-8-12-11(5-6-13-12)7-9(10)3-1/h1-8H. The van der Waals surface area contributed by atoms with Gasteiger partial charge in [0.2, 0.25) is 0 Å². The first-order valence-electron chi connectivity index (χ1n) is 4.34. The Morgan fingerprint density at radius 1 is 0.923 bits per heavy atom. The van der Waals surface area contributed by atoms with Gasteiger partial charge in [0, 0.05) is 11.8 Å². The first-order chi connectivity index (χ1) is 6.43. The van der Waals surface area contributed by atoms with Gasteiger partial charge in [-0.25, -0.2) is 0 Å². The molecule has 0 N–H and O–H groups in total. The lowest BCUT2D eigenvalue weighted by molar-refractivity contribution is 1.22. The summed E-state index contributed by atoms with van der Waals surface area (Å²) in [6, 6.07) is 12.7. The summed E-state index contributed by atoms with van der Waals surface area (Å²) in [5.74, 6) is 0.